The van der Waals surface area contributed by atoms with E-state index in [1.807, 2.05) is 0 Å². The van der Waals surface area contributed by atoms with Gasteiger partial charge in [-0.25, -0.2) is 12.8 Å². The zero-order valence-corrected chi connectivity index (χ0v) is 13.6. The lowest BCUT2D eigenvalue weighted by molar-refractivity contribution is 0.145. The van der Waals surface area contributed by atoms with Crippen LogP contribution in [0.4, 0.5) is 4.39 Å². The lowest BCUT2D eigenvalue weighted by Gasteiger charge is -2.37. The van der Waals surface area contributed by atoms with E-state index in [-0.39, 0.29) is 4.90 Å². The quantitative estimate of drug-likeness (QED) is 0.892. The van der Waals surface area contributed by atoms with Crippen LogP contribution in [0.15, 0.2) is 23.1 Å². The van der Waals surface area contributed by atoms with Crippen LogP contribution >= 0.6 is 0 Å². The largest absolute Gasteiger partial charge is 0.315 e. The summed E-state index contributed by atoms with van der Waals surface area (Å²) >= 11 is 0. The van der Waals surface area contributed by atoms with Gasteiger partial charge in [0.05, 0.1) is 4.90 Å². The summed E-state index contributed by atoms with van der Waals surface area (Å²) in [6.45, 7) is 6.12. The number of halogens is 1. The summed E-state index contributed by atoms with van der Waals surface area (Å²) in [7, 11) is -3.61. The van der Waals surface area contributed by atoms with Gasteiger partial charge >= 0.3 is 0 Å². The van der Waals surface area contributed by atoms with Gasteiger partial charge in [-0.2, -0.15) is 4.31 Å². The normalized spacial score (nSPS) is 24.7. The summed E-state index contributed by atoms with van der Waals surface area (Å²) in [6.07, 6.45) is 1.12. The first-order chi connectivity index (χ1) is 10.5. The molecule has 0 aromatic heterocycles. The molecule has 0 spiro atoms. The second-order valence-corrected chi connectivity index (χ2v) is 7.90. The molecule has 1 aromatic rings. The minimum Gasteiger partial charge on any atom is -0.315 e. The van der Waals surface area contributed by atoms with Gasteiger partial charge in [-0.3, -0.25) is 4.90 Å². The van der Waals surface area contributed by atoms with Crippen molar-refractivity contribution in [3.8, 4) is 0 Å². The summed E-state index contributed by atoms with van der Waals surface area (Å²) in [6, 6.07) is 4.45. The standard InChI is InChI=1S/C15H22FN3O2S/c1-12-2-3-13(16)10-15(12)22(20,21)19-8-6-18(7-9-19)14-4-5-17-11-14/h2-3,10,14,17H,4-9,11H2,1H3. The van der Waals surface area contributed by atoms with Crippen molar-refractivity contribution < 1.29 is 12.8 Å². The predicted molar refractivity (Wildman–Crippen MR) is 82.7 cm³/mol. The molecule has 2 heterocycles. The highest BCUT2D eigenvalue weighted by atomic mass is 32.2. The first kappa shape index (κ1) is 15.9. The van der Waals surface area contributed by atoms with Crippen LogP contribution < -0.4 is 5.32 Å². The lowest BCUT2D eigenvalue weighted by atomic mass is 10.2. The zero-order valence-electron chi connectivity index (χ0n) is 12.8. The summed E-state index contributed by atoms with van der Waals surface area (Å²) in [5, 5.41) is 3.34. The molecule has 5 nitrogen and oxygen atoms in total. The minimum absolute atomic E-state index is 0.0866. The molecule has 22 heavy (non-hydrogen) atoms. The Bertz CT molecular complexity index is 636. The zero-order chi connectivity index (χ0) is 15.7. The Morgan fingerprint density at radius 1 is 1.23 bits per heavy atom. The fourth-order valence-corrected chi connectivity index (χ4v) is 4.91. The van der Waals surface area contributed by atoms with Gasteiger partial charge in [0, 0.05) is 38.8 Å². The molecule has 0 radical (unpaired) electrons. The maximum atomic E-state index is 13.4. The van der Waals surface area contributed by atoms with E-state index >= 15 is 0 Å². The number of nitrogens with zero attached hydrogens (tertiary/aromatic N) is 2. The van der Waals surface area contributed by atoms with Crippen molar-refractivity contribution in [3.05, 3.63) is 29.6 Å². The highest BCUT2D eigenvalue weighted by Gasteiger charge is 2.32. The van der Waals surface area contributed by atoms with Crippen molar-refractivity contribution in [2.45, 2.75) is 24.3 Å². The Labute approximate surface area is 131 Å². The first-order valence-corrected chi connectivity index (χ1v) is 9.13. The highest BCUT2D eigenvalue weighted by molar-refractivity contribution is 7.89. The van der Waals surface area contributed by atoms with E-state index in [1.165, 1.54) is 16.4 Å². The smallest absolute Gasteiger partial charge is 0.243 e. The summed E-state index contributed by atoms with van der Waals surface area (Å²) in [4.78, 5) is 2.44. The van der Waals surface area contributed by atoms with Gasteiger partial charge in [-0.15, -0.1) is 0 Å². The van der Waals surface area contributed by atoms with Crippen LogP contribution in [-0.4, -0.2) is 62.9 Å². The van der Waals surface area contributed by atoms with Crippen LogP contribution in [0.1, 0.15) is 12.0 Å². The highest BCUT2D eigenvalue weighted by Crippen LogP contribution is 2.23. The van der Waals surface area contributed by atoms with Gasteiger partial charge in [0.1, 0.15) is 5.82 Å². The van der Waals surface area contributed by atoms with Crippen molar-refractivity contribution in [1.29, 1.82) is 0 Å². The molecule has 122 valence electrons. The molecule has 2 aliphatic rings. The third-order valence-corrected chi connectivity index (χ3v) is 6.63. The fourth-order valence-electron chi connectivity index (χ4n) is 3.25. The molecule has 1 aromatic carbocycles. The molecule has 1 unspecified atom stereocenters. The van der Waals surface area contributed by atoms with Crippen LogP contribution in [0.3, 0.4) is 0 Å². The van der Waals surface area contributed by atoms with Crippen molar-refractivity contribution in [1.82, 2.24) is 14.5 Å². The van der Waals surface area contributed by atoms with Crippen molar-refractivity contribution in [2.24, 2.45) is 0 Å². The fraction of sp³-hybridized carbons (Fsp3) is 0.600. The van der Waals surface area contributed by atoms with Crippen LogP contribution in [0.25, 0.3) is 0 Å². The SMILES string of the molecule is Cc1ccc(F)cc1S(=O)(=O)N1CCN(C2CCNC2)CC1. The van der Waals surface area contributed by atoms with E-state index in [0.717, 1.165) is 38.7 Å². The maximum Gasteiger partial charge on any atom is 0.243 e. The number of hydrogen-bond acceptors (Lipinski definition) is 4. The van der Waals surface area contributed by atoms with Crippen LogP contribution in [-0.2, 0) is 10.0 Å². The monoisotopic (exact) mass is 327 g/mol. The van der Waals surface area contributed by atoms with Crippen LogP contribution in [0, 0.1) is 12.7 Å². The first-order valence-electron chi connectivity index (χ1n) is 7.69. The third kappa shape index (κ3) is 3.03. The molecule has 2 fully saturated rings. The average Bonchev–Trinajstić information content (AvgIpc) is 3.04. The Balaban J connectivity index is 1.73. The summed E-state index contributed by atoms with van der Waals surface area (Å²) < 4.78 is 40.3. The van der Waals surface area contributed by atoms with Crippen LogP contribution in [0.2, 0.25) is 0 Å². The van der Waals surface area contributed by atoms with E-state index in [9.17, 15) is 12.8 Å². The van der Waals surface area contributed by atoms with Crippen molar-refractivity contribution in [2.75, 3.05) is 39.3 Å². The van der Waals surface area contributed by atoms with Crippen molar-refractivity contribution >= 4 is 10.0 Å². The Kier molecular flexibility index (Phi) is 4.49. The van der Waals surface area contributed by atoms with Gasteiger partial charge in [-0.1, -0.05) is 6.07 Å². The van der Waals surface area contributed by atoms with Gasteiger partial charge in [0.25, 0.3) is 0 Å². The molecule has 0 aliphatic carbocycles. The summed E-state index contributed by atoms with van der Waals surface area (Å²) in [5.41, 5.74) is 0.587. The maximum absolute atomic E-state index is 13.4. The van der Waals surface area contributed by atoms with E-state index in [4.69, 9.17) is 0 Å². The molecule has 3 rings (SSSR count). The van der Waals surface area contributed by atoms with Gasteiger partial charge in [0.2, 0.25) is 10.0 Å². The number of sulfonamides is 1. The summed E-state index contributed by atoms with van der Waals surface area (Å²) in [5.74, 6) is -0.514. The molecule has 0 amide bonds. The molecular weight excluding hydrogens is 305 g/mol. The number of aryl methyl sites for hydroxylation is 1. The van der Waals surface area contributed by atoms with E-state index in [0.29, 0.717) is 24.7 Å². The molecule has 0 saturated carbocycles. The number of benzene rings is 1. The molecule has 0 bridgehead atoms. The third-order valence-electron chi connectivity index (χ3n) is 4.59. The number of hydrogen-bond donors (Lipinski definition) is 1. The predicted octanol–water partition coefficient (Wildman–Crippen LogP) is 0.802. The number of nitrogens with one attached hydrogen (secondary N) is 1. The molecule has 2 aliphatic heterocycles. The van der Waals surface area contributed by atoms with Crippen LogP contribution in [0.5, 0.6) is 0 Å². The van der Waals surface area contributed by atoms with Crippen molar-refractivity contribution in [3.63, 3.8) is 0 Å². The topological polar surface area (TPSA) is 52.7 Å². The van der Waals surface area contributed by atoms with Gasteiger partial charge < -0.3 is 5.32 Å². The van der Waals surface area contributed by atoms with E-state index < -0.39 is 15.8 Å². The molecule has 1 N–H and O–H groups in total. The molecular formula is C15H22FN3O2S. The Morgan fingerprint density at radius 3 is 2.59 bits per heavy atom. The van der Waals surface area contributed by atoms with Gasteiger partial charge in [-0.05, 0) is 37.6 Å². The molecule has 2 saturated heterocycles. The van der Waals surface area contributed by atoms with E-state index in [1.54, 1.807) is 6.92 Å². The number of piperazine rings is 1. The van der Waals surface area contributed by atoms with E-state index in [2.05, 4.69) is 10.2 Å². The lowest BCUT2D eigenvalue weighted by Crippen LogP contribution is -2.52. The Hall–Kier alpha value is -1.02. The average molecular weight is 327 g/mol. The molecule has 7 heteroatoms. The molecule has 1 atom stereocenters. The second-order valence-electron chi connectivity index (χ2n) is 6.00. The van der Waals surface area contributed by atoms with Gasteiger partial charge in [0.15, 0.2) is 0 Å². The Morgan fingerprint density at radius 2 is 1.95 bits per heavy atom. The second kappa shape index (κ2) is 6.23. The minimum atomic E-state index is -3.61. The number of rotatable bonds is 3.